The molecule has 3 rings (SSSR count). The number of nitrogens with zero attached hydrogens (tertiary/aromatic N) is 1. The van der Waals surface area contributed by atoms with Crippen molar-refractivity contribution in [3.8, 4) is 6.07 Å². The summed E-state index contributed by atoms with van der Waals surface area (Å²) in [4.78, 5) is 11.9. The highest BCUT2D eigenvalue weighted by molar-refractivity contribution is 5.97. The van der Waals surface area contributed by atoms with Gasteiger partial charge in [0.1, 0.15) is 11.9 Å². The first-order chi connectivity index (χ1) is 11.1. The van der Waals surface area contributed by atoms with Crippen molar-refractivity contribution in [2.45, 2.75) is 19.4 Å². The lowest BCUT2D eigenvalue weighted by Crippen LogP contribution is -2.31. The van der Waals surface area contributed by atoms with E-state index in [1.54, 1.807) is 19.1 Å². The topological polar surface area (TPSA) is 64.9 Å². The zero-order valence-corrected chi connectivity index (χ0v) is 12.7. The Morgan fingerprint density at radius 1 is 1.30 bits per heavy atom. The van der Waals surface area contributed by atoms with Gasteiger partial charge in [-0.25, -0.2) is 4.39 Å². The molecule has 1 atom stereocenters. The first-order valence-corrected chi connectivity index (χ1v) is 7.41. The van der Waals surface area contributed by atoms with Crippen LogP contribution in [0, 0.1) is 24.1 Å². The fourth-order valence-electron chi connectivity index (χ4n) is 2.79. The Morgan fingerprint density at radius 3 is 2.87 bits per heavy atom. The van der Waals surface area contributed by atoms with Gasteiger partial charge >= 0.3 is 0 Å². The molecular formula is C18H16FN3O. The molecule has 5 heteroatoms. The van der Waals surface area contributed by atoms with Crippen LogP contribution in [-0.2, 0) is 6.42 Å². The van der Waals surface area contributed by atoms with Gasteiger partial charge in [0, 0.05) is 17.8 Å². The number of halogens is 1. The van der Waals surface area contributed by atoms with Gasteiger partial charge in [-0.2, -0.15) is 5.26 Å². The van der Waals surface area contributed by atoms with Crippen LogP contribution in [0.5, 0.6) is 0 Å². The predicted octanol–water partition coefficient (Wildman–Crippen LogP) is 3.10. The van der Waals surface area contributed by atoms with E-state index in [1.807, 2.05) is 12.1 Å². The Hall–Kier alpha value is -2.87. The zero-order chi connectivity index (χ0) is 16.4. The minimum Gasteiger partial charge on any atom is -0.366 e. The smallest absolute Gasteiger partial charge is 0.251 e. The van der Waals surface area contributed by atoms with E-state index in [4.69, 9.17) is 0 Å². The lowest BCUT2D eigenvalue weighted by Gasteiger charge is -2.19. The van der Waals surface area contributed by atoms with Crippen molar-refractivity contribution in [3.63, 3.8) is 0 Å². The van der Waals surface area contributed by atoms with Crippen LogP contribution in [0.3, 0.4) is 0 Å². The number of hydrogen-bond acceptors (Lipinski definition) is 3. The second kappa shape index (κ2) is 6.09. The van der Waals surface area contributed by atoms with Gasteiger partial charge in [0.15, 0.2) is 0 Å². The van der Waals surface area contributed by atoms with Gasteiger partial charge < -0.3 is 10.6 Å². The Balaban J connectivity index is 1.89. The highest BCUT2D eigenvalue weighted by Gasteiger charge is 2.18. The molecule has 0 spiro atoms. The molecule has 0 bridgehead atoms. The van der Waals surface area contributed by atoms with Crippen LogP contribution < -0.4 is 10.6 Å². The number of amides is 1. The molecule has 0 saturated carbocycles. The second-order valence-corrected chi connectivity index (χ2v) is 5.65. The van der Waals surface area contributed by atoms with Gasteiger partial charge in [-0.3, -0.25) is 4.79 Å². The van der Waals surface area contributed by atoms with Crippen LogP contribution >= 0.6 is 0 Å². The van der Waals surface area contributed by atoms with E-state index in [-0.39, 0.29) is 11.7 Å². The number of aryl methyl sites for hydroxylation is 1. The first kappa shape index (κ1) is 15.0. The van der Waals surface area contributed by atoms with E-state index in [0.29, 0.717) is 23.4 Å². The van der Waals surface area contributed by atoms with E-state index < -0.39 is 6.04 Å². The fraction of sp³-hybridized carbons (Fsp3) is 0.222. The molecule has 0 aliphatic carbocycles. The van der Waals surface area contributed by atoms with Crippen LogP contribution in [0.1, 0.15) is 33.1 Å². The Labute approximate surface area is 133 Å². The van der Waals surface area contributed by atoms with Crippen LogP contribution in [-0.4, -0.2) is 12.5 Å². The highest BCUT2D eigenvalue weighted by atomic mass is 19.1. The Morgan fingerprint density at radius 2 is 2.13 bits per heavy atom. The first-order valence-electron chi connectivity index (χ1n) is 7.41. The lowest BCUT2D eigenvalue weighted by atomic mass is 9.99. The molecule has 1 unspecified atom stereocenters. The highest BCUT2D eigenvalue weighted by Crippen LogP contribution is 2.24. The van der Waals surface area contributed by atoms with Gasteiger partial charge in [-0.05, 0) is 54.3 Å². The lowest BCUT2D eigenvalue weighted by molar-refractivity contribution is 0.0946. The summed E-state index contributed by atoms with van der Waals surface area (Å²) in [7, 11) is 0. The van der Waals surface area contributed by atoms with Gasteiger partial charge in [-0.15, -0.1) is 0 Å². The van der Waals surface area contributed by atoms with Crippen molar-refractivity contribution in [3.05, 3.63) is 64.5 Å². The number of nitriles is 1. The molecule has 1 aliphatic heterocycles. The van der Waals surface area contributed by atoms with Crippen LogP contribution in [0.2, 0.25) is 0 Å². The average Bonchev–Trinajstić information content (AvgIpc) is 2.52. The van der Waals surface area contributed by atoms with Crippen molar-refractivity contribution in [2.75, 3.05) is 11.9 Å². The molecule has 0 aromatic heterocycles. The van der Waals surface area contributed by atoms with Crippen molar-refractivity contribution in [1.82, 2.24) is 5.32 Å². The van der Waals surface area contributed by atoms with Crippen molar-refractivity contribution in [2.24, 2.45) is 0 Å². The van der Waals surface area contributed by atoms with Crippen molar-refractivity contribution < 1.29 is 9.18 Å². The van der Waals surface area contributed by atoms with Gasteiger partial charge in [-0.1, -0.05) is 12.1 Å². The van der Waals surface area contributed by atoms with E-state index in [1.165, 1.54) is 12.1 Å². The maximum absolute atomic E-state index is 13.5. The third-order valence-corrected chi connectivity index (χ3v) is 3.87. The van der Waals surface area contributed by atoms with Gasteiger partial charge in [0.2, 0.25) is 0 Å². The summed E-state index contributed by atoms with van der Waals surface area (Å²) < 4.78 is 13.5. The van der Waals surface area contributed by atoms with Gasteiger partial charge in [0.25, 0.3) is 5.91 Å². The normalized spacial score (nSPS) is 14.4. The minimum absolute atomic E-state index is 0.106. The van der Waals surface area contributed by atoms with E-state index in [2.05, 4.69) is 16.7 Å². The summed E-state index contributed by atoms with van der Waals surface area (Å²) in [5.41, 5.74) is 3.59. The molecule has 1 amide bonds. The van der Waals surface area contributed by atoms with Gasteiger partial charge in [0.05, 0.1) is 6.07 Å². The molecule has 23 heavy (non-hydrogen) atoms. The standard InChI is InChI=1S/C18H16FN3O/c1-11-6-13(8-14(19)7-11)17(10-20)22-15-3-2-12-4-5-21-18(23)16(12)9-15/h2-3,6-9,17,22H,4-5H2,1H3,(H,21,23). The third kappa shape index (κ3) is 3.16. The van der Waals surface area contributed by atoms with Crippen LogP contribution in [0.4, 0.5) is 10.1 Å². The Kier molecular flexibility index (Phi) is 3.98. The summed E-state index contributed by atoms with van der Waals surface area (Å²) >= 11 is 0. The number of benzene rings is 2. The minimum atomic E-state index is -0.686. The zero-order valence-electron chi connectivity index (χ0n) is 12.7. The SMILES string of the molecule is Cc1cc(F)cc(C(C#N)Nc2ccc3c(c2)C(=O)NCC3)c1. The third-order valence-electron chi connectivity index (χ3n) is 3.87. The molecule has 0 saturated heterocycles. The largest absolute Gasteiger partial charge is 0.366 e. The number of anilines is 1. The molecule has 2 N–H and O–H groups in total. The van der Waals surface area contributed by atoms with E-state index in [0.717, 1.165) is 17.5 Å². The molecule has 2 aromatic carbocycles. The molecule has 2 aromatic rings. The quantitative estimate of drug-likeness (QED) is 0.915. The van der Waals surface area contributed by atoms with Crippen molar-refractivity contribution in [1.29, 1.82) is 5.26 Å². The summed E-state index contributed by atoms with van der Waals surface area (Å²) in [6.07, 6.45) is 0.798. The molecule has 4 nitrogen and oxygen atoms in total. The summed E-state index contributed by atoms with van der Waals surface area (Å²) in [6, 6.07) is 11.5. The van der Waals surface area contributed by atoms with Crippen LogP contribution in [0.25, 0.3) is 0 Å². The predicted molar refractivity (Wildman–Crippen MR) is 85.6 cm³/mol. The number of carbonyl (C=O) groups excluding carboxylic acids is 1. The number of fused-ring (bicyclic) bond motifs is 1. The fourth-order valence-corrected chi connectivity index (χ4v) is 2.79. The summed E-state index contributed by atoms with van der Waals surface area (Å²) in [6.45, 7) is 2.42. The second-order valence-electron chi connectivity index (χ2n) is 5.65. The molecule has 116 valence electrons. The van der Waals surface area contributed by atoms with Crippen molar-refractivity contribution >= 4 is 11.6 Å². The molecule has 0 fully saturated rings. The molecule has 1 aliphatic rings. The molecule has 0 radical (unpaired) electrons. The molecular weight excluding hydrogens is 293 g/mol. The number of rotatable bonds is 3. The maximum Gasteiger partial charge on any atom is 0.251 e. The Bertz CT molecular complexity index is 790. The molecule has 1 heterocycles. The summed E-state index contributed by atoms with van der Waals surface area (Å²) in [5.74, 6) is -0.475. The summed E-state index contributed by atoms with van der Waals surface area (Å²) in [5, 5.41) is 15.3. The number of hydrogen-bond donors (Lipinski definition) is 2. The van der Waals surface area contributed by atoms with E-state index >= 15 is 0 Å². The van der Waals surface area contributed by atoms with Crippen LogP contribution in [0.15, 0.2) is 36.4 Å². The number of nitrogens with one attached hydrogen (secondary N) is 2. The monoisotopic (exact) mass is 309 g/mol. The van der Waals surface area contributed by atoms with E-state index in [9.17, 15) is 14.4 Å². The maximum atomic E-state index is 13.5. The average molecular weight is 309 g/mol. The number of carbonyl (C=O) groups is 1.